The van der Waals surface area contributed by atoms with E-state index in [4.69, 9.17) is 5.11 Å². The van der Waals surface area contributed by atoms with E-state index in [1.807, 2.05) is 0 Å². The van der Waals surface area contributed by atoms with Gasteiger partial charge in [0.1, 0.15) is 6.17 Å². The van der Waals surface area contributed by atoms with Crippen LogP contribution in [-0.2, 0) is 0 Å². The highest BCUT2D eigenvalue weighted by Crippen LogP contribution is 2.17. The van der Waals surface area contributed by atoms with Crippen molar-refractivity contribution in [1.82, 2.24) is 5.32 Å². The molecule has 66 valence electrons. The molecule has 1 heterocycles. The summed E-state index contributed by atoms with van der Waals surface area (Å²) >= 11 is 0. The van der Waals surface area contributed by atoms with E-state index in [2.05, 4.69) is 5.32 Å². The topological polar surface area (TPSA) is 52.5 Å². The van der Waals surface area contributed by atoms with Gasteiger partial charge in [0, 0.05) is 19.0 Å². The Morgan fingerprint density at radius 2 is 2.09 bits per heavy atom. The largest absolute Gasteiger partial charge is 0.390 e. The molecule has 0 saturated carbocycles. The minimum atomic E-state index is -1.08. The zero-order valence-electron chi connectivity index (χ0n) is 6.50. The molecule has 3 N–H and O–H groups in total. The summed E-state index contributed by atoms with van der Waals surface area (Å²) in [6.07, 6.45) is -2.82. The lowest BCUT2D eigenvalue weighted by atomic mass is 9.91. The molecule has 0 bridgehead atoms. The molecule has 1 aliphatic heterocycles. The molecule has 0 aromatic rings. The molecule has 4 atom stereocenters. The number of rotatable bonds is 1. The molecule has 4 unspecified atom stereocenters. The highest BCUT2D eigenvalue weighted by molar-refractivity contribution is 4.86. The Kier molecular flexibility index (Phi) is 2.81. The Hall–Kier alpha value is -0.190. The standard InChI is InChI=1S/C7H14FNO2/c1-4(8)5-2-9-3-6(10)7(5)11/h4-7,9-11H,2-3H2,1H3. The monoisotopic (exact) mass is 163 g/mol. The van der Waals surface area contributed by atoms with Crippen molar-refractivity contribution in [3.8, 4) is 0 Å². The molecule has 1 fully saturated rings. The maximum atomic E-state index is 12.7. The average Bonchev–Trinajstić information content (AvgIpc) is 1.94. The summed E-state index contributed by atoms with van der Waals surface area (Å²) in [5, 5.41) is 21.2. The summed E-state index contributed by atoms with van der Waals surface area (Å²) < 4.78 is 12.7. The Morgan fingerprint density at radius 1 is 1.45 bits per heavy atom. The molecule has 0 spiro atoms. The summed E-state index contributed by atoms with van der Waals surface area (Å²) in [5.74, 6) is -0.473. The first-order valence-corrected chi connectivity index (χ1v) is 3.84. The summed E-state index contributed by atoms with van der Waals surface area (Å²) in [6.45, 7) is 2.19. The third-order valence-electron chi connectivity index (χ3n) is 2.16. The lowest BCUT2D eigenvalue weighted by Crippen LogP contribution is -2.52. The number of alkyl halides is 1. The number of aliphatic hydroxyl groups excluding tert-OH is 2. The van der Waals surface area contributed by atoms with E-state index in [0.29, 0.717) is 13.1 Å². The van der Waals surface area contributed by atoms with Crippen molar-refractivity contribution in [2.24, 2.45) is 5.92 Å². The van der Waals surface area contributed by atoms with Gasteiger partial charge in [-0.25, -0.2) is 4.39 Å². The Morgan fingerprint density at radius 3 is 2.55 bits per heavy atom. The van der Waals surface area contributed by atoms with Gasteiger partial charge in [-0.3, -0.25) is 0 Å². The molecule has 0 amide bonds. The quantitative estimate of drug-likeness (QED) is 0.478. The summed E-state index contributed by atoms with van der Waals surface area (Å²) in [6, 6.07) is 0. The number of nitrogens with one attached hydrogen (secondary N) is 1. The number of β-amino-alcohol motifs (C(OH)–C–C–N with tert-alkyl or cyclic N) is 1. The molecule has 3 nitrogen and oxygen atoms in total. The molecule has 0 aliphatic carbocycles. The molecule has 0 aromatic heterocycles. The van der Waals surface area contributed by atoms with Crippen molar-refractivity contribution in [3.63, 3.8) is 0 Å². The molecule has 11 heavy (non-hydrogen) atoms. The van der Waals surface area contributed by atoms with Crippen molar-refractivity contribution in [2.75, 3.05) is 13.1 Å². The maximum Gasteiger partial charge on any atom is 0.104 e. The van der Waals surface area contributed by atoms with E-state index in [0.717, 1.165) is 0 Å². The van der Waals surface area contributed by atoms with Gasteiger partial charge < -0.3 is 15.5 Å². The van der Waals surface area contributed by atoms with Crippen LogP contribution < -0.4 is 5.32 Å². The van der Waals surface area contributed by atoms with Crippen LogP contribution in [-0.4, -0.2) is 41.7 Å². The summed E-state index contributed by atoms with van der Waals surface area (Å²) in [7, 11) is 0. The minimum absolute atomic E-state index is 0.352. The van der Waals surface area contributed by atoms with Gasteiger partial charge in [-0.2, -0.15) is 0 Å². The first-order chi connectivity index (χ1) is 5.13. The smallest absolute Gasteiger partial charge is 0.104 e. The van der Waals surface area contributed by atoms with Crippen molar-refractivity contribution in [1.29, 1.82) is 0 Å². The van der Waals surface area contributed by atoms with Crippen LogP contribution in [0.4, 0.5) is 4.39 Å². The minimum Gasteiger partial charge on any atom is -0.390 e. The Bertz CT molecular complexity index is 132. The van der Waals surface area contributed by atoms with Gasteiger partial charge in [0.15, 0.2) is 0 Å². The number of hydrogen-bond donors (Lipinski definition) is 3. The zero-order valence-corrected chi connectivity index (χ0v) is 6.50. The van der Waals surface area contributed by atoms with Crippen LogP contribution in [0.15, 0.2) is 0 Å². The number of piperidine rings is 1. The van der Waals surface area contributed by atoms with E-state index >= 15 is 0 Å². The first-order valence-electron chi connectivity index (χ1n) is 3.84. The van der Waals surface area contributed by atoms with Gasteiger partial charge in [-0.05, 0) is 6.92 Å². The van der Waals surface area contributed by atoms with Gasteiger partial charge in [-0.15, -0.1) is 0 Å². The van der Waals surface area contributed by atoms with Crippen LogP contribution in [0.25, 0.3) is 0 Å². The lowest BCUT2D eigenvalue weighted by molar-refractivity contribution is -0.0543. The number of aliphatic hydroxyl groups is 2. The van der Waals surface area contributed by atoms with Crippen LogP contribution in [0, 0.1) is 5.92 Å². The summed E-state index contributed by atoms with van der Waals surface area (Å²) in [5.41, 5.74) is 0. The fourth-order valence-electron chi connectivity index (χ4n) is 1.36. The Labute approximate surface area is 65.2 Å². The van der Waals surface area contributed by atoms with Crippen LogP contribution in [0.3, 0.4) is 0 Å². The lowest BCUT2D eigenvalue weighted by Gasteiger charge is -2.33. The predicted octanol–water partition coefficient (Wildman–Crippen LogP) is -0.714. The molecule has 0 radical (unpaired) electrons. The summed E-state index contributed by atoms with van der Waals surface area (Å²) in [4.78, 5) is 0. The first kappa shape index (κ1) is 8.90. The molecule has 1 rings (SSSR count). The van der Waals surface area contributed by atoms with E-state index in [1.54, 1.807) is 0 Å². The average molecular weight is 163 g/mol. The highest BCUT2D eigenvalue weighted by Gasteiger charge is 2.33. The molecule has 4 heteroatoms. The SMILES string of the molecule is CC(F)C1CNCC(O)C1O. The molecule has 1 aliphatic rings. The van der Waals surface area contributed by atoms with Gasteiger partial charge in [0.25, 0.3) is 0 Å². The maximum absolute atomic E-state index is 12.7. The molecule has 0 aromatic carbocycles. The molecular weight excluding hydrogens is 149 g/mol. The van der Waals surface area contributed by atoms with Crippen molar-refractivity contribution in [3.05, 3.63) is 0 Å². The van der Waals surface area contributed by atoms with E-state index in [9.17, 15) is 9.50 Å². The fraction of sp³-hybridized carbons (Fsp3) is 1.00. The van der Waals surface area contributed by atoms with Crippen LogP contribution in [0.5, 0.6) is 0 Å². The predicted molar refractivity (Wildman–Crippen MR) is 38.9 cm³/mol. The highest BCUT2D eigenvalue weighted by atomic mass is 19.1. The van der Waals surface area contributed by atoms with Crippen molar-refractivity contribution in [2.45, 2.75) is 25.3 Å². The van der Waals surface area contributed by atoms with Crippen LogP contribution in [0.1, 0.15) is 6.92 Å². The van der Waals surface area contributed by atoms with E-state index in [1.165, 1.54) is 6.92 Å². The fourth-order valence-corrected chi connectivity index (χ4v) is 1.36. The zero-order chi connectivity index (χ0) is 8.43. The van der Waals surface area contributed by atoms with Gasteiger partial charge >= 0.3 is 0 Å². The number of hydrogen-bond acceptors (Lipinski definition) is 3. The van der Waals surface area contributed by atoms with Crippen LogP contribution >= 0.6 is 0 Å². The second kappa shape index (κ2) is 3.47. The second-order valence-electron chi connectivity index (χ2n) is 3.06. The van der Waals surface area contributed by atoms with Gasteiger partial charge in [0.05, 0.1) is 12.2 Å². The second-order valence-corrected chi connectivity index (χ2v) is 3.06. The Balaban J connectivity index is 2.51. The van der Waals surface area contributed by atoms with E-state index in [-0.39, 0.29) is 0 Å². The van der Waals surface area contributed by atoms with Gasteiger partial charge in [0.2, 0.25) is 0 Å². The molecule has 1 saturated heterocycles. The van der Waals surface area contributed by atoms with Gasteiger partial charge in [-0.1, -0.05) is 0 Å². The normalized spacial score (nSPS) is 42.0. The van der Waals surface area contributed by atoms with Crippen molar-refractivity contribution >= 4 is 0 Å². The number of halogens is 1. The van der Waals surface area contributed by atoms with E-state index < -0.39 is 24.3 Å². The third-order valence-corrected chi connectivity index (χ3v) is 2.16. The third kappa shape index (κ3) is 1.89. The molecular formula is C7H14FNO2. The van der Waals surface area contributed by atoms with Crippen LogP contribution in [0.2, 0.25) is 0 Å². The van der Waals surface area contributed by atoms with Crippen molar-refractivity contribution < 1.29 is 14.6 Å².